The first-order valence-corrected chi connectivity index (χ1v) is 12.2. The van der Waals surface area contributed by atoms with E-state index in [1.165, 1.54) is 24.4 Å². The lowest BCUT2D eigenvalue weighted by Crippen LogP contribution is -2.25. The molecule has 0 amide bonds. The van der Waals surface area contributed by atoms with Crippen molar-refractivity contribution in [2.45, 2.75) is 32.4 Å². The van der Waals surface area contributed by atoms with Crippen molar-refractivity contribution in [1.82, 2.24) is 4.98 Å². The van der Waals surface area contributed by atoms with Gasteiger partial charge in [0.05, 0.1) is 11.1 Å². The van der Waals surface area contributed by atoms with Gasteiger partial charge in [-0.15, -0.1) is 12.4 Å². The standard InChI is InChI=1S/C29H27F4NO5.ClH/c1-3-37-26(38-4-2)16-39-20-9-5-17(6-10-20)28(36)27-22-12-8-19(35)14-25(22)34-15-23(27)21-11-7-18(13-24(21)30)29(31,32)33;/h5-15,26,28,35-36H,3-4,16H2,1-2H3;1H. The van der Waals surface area contributed by atoms with E-state index in [-0.39, 0.29) is 41.5 Å². The molecule has 0 fully saturated rings. The molecular formula is C29H28ClF4NO5. The predicted octanol–water partition coefficient (Wildman–Crippen LogP) is 7.05. The van der Waals surface area contributed by atoms with Crippen LogP contribution < -0.4 is 4.74 Å². The van der Waals surface area contributed by atoms with Gasteiger partial charge in [-0.2, -0.15) is 13.2 Å². The van der Waals surface area contributed by atoms with Crippen molar-refractivity contribution in [3.05, 3.63) is 89.4 Å². The Bertz CT molecular complexity index is 1430. The first-order valence-electron chi connectivity index (χ1n) is 12.2. The van der Waals surface area contributed by atoms with Crippen LogP contribution in [0.15, 0.2) is 66.9 Å². The van der Waals surface area contributed by atoms with E-state index in [1.54, 1.807) is 24.3 Å². The van der Waals surface area contributed by atoms with Crippen molar-refractivity contribution in [3.8, 4) is 22.6 Å². The number of pyridine rings is 1. The van der Waals surface area contributed by atoms with Gasteiger partial charge < -0.3 is 24.4 Å². The maximum atomic E-state index is 15.0. The zero-order valence-corrected chi connectivity index (χ0v) is 22.4. The summed E-state index contributed by atoms with van der Waals surface area (Å²) in [5.74, 6) is -0.684. The van der Waals surface area contributed by atoms with E-state index in [9.17, 15) is 23.4 Å². The molecule has 0 bridgehead atoms. The fourth-order valence-electron chi connectivity index (χ4n) is 4.22. The number of aliphatic hydroxyl groups is 1. The smallest absolute Gasteiger partial charge is 0.416 e. The van der Waals surface area contributed by atoms with Gasteiger partial charge in [-0.1, -0.05) is 18.2 Å². The molecule has 0 aliphatic carbocycles. The van der Waals surface area contributed by atoms with Gasteiger partial charge in [-0.25, -0.2) is 4.39 Å². The largest absolute Gasteiger partial charge is 0.508 e. The van der Waals surface area contributed by atoms with Crippen LogP contribution in [0.4, 0.5) is 17.6 Å². The highest BCUT2D eigenvalue weighted by atomic mass is 35.5. The van der Waals surface area contributed by atoms with E-state index in [1.807, 2.05) is 13.8 Å². The molecule has 0 spiro atoms. The summed E-state index contributed by atoms with van der Waals surface area (Å²) < 4.78 is 71.0. The van der Waals surface area contributed by atoms with Crippen molar-refractivity contribution in [2.75, 3.05) is 19.8 Å². The van der Waals surface area contributed by atoms with Crippen molar-refractivity contribution in [1.29, 1.82) is 0 Å². The zero-order chi connectivity index (χ0) is 28.2. The second-order valence-electron chi connectivity index (χ2n) is 8.60. The van der Waals surface area contributed by atoms with Gasteiger partial charge in [0.15, 0.2) is 6.29 Å². The molecule has 0 saturated heterocycles. The summed E-state index contributed by atoms with van der Waals surface area (Å²) in [5, 5.41) is 21.7. The van der Waals surface area contributed by atoms with E-state index >= 15 is 4.39 Å². The number of halogens is 5. The minimum absolute atomic E-state index is 0. The summed E-state index contributed by atoms with van der Waals surface area (Å²) in [5.41, 5.74) is -0.211. The van der Waals surface area contributed by atoms with Gasteiger partial charge in [0, 0.05) is 47.6 Å². The molecule has 0 aliphatic rings. The number of alkyl halides is 3. The maximum Gasteiger partial charge on any atom is 0.416 e. The molecule has 40 heavy (non-hydrogen) atoms. The van der Waals surface area contributed by atoms with E-state index in [0.29, 0.717) is 41.5 Å². The third kappa shape index (κ3) is 7.00. The van der Waals surface area contributed by atoms with Crippen LogP contribution in [0.25, 0.3) is 22.0 Å². The van der Waals surface area contributed by atoms with Gasteiger partial charge in [0.2, 0.25) is 0 Å². The number of phenols is 1. The van der Waals surface area contributed by atoms with Gasteiger partial charge in [-0.05, 0) is 55.8 Å². The van der Waals surface area contributed by atoms with Crippen molar-refractivity contribution >= 4 is 23.3 Å². The second-order valence-corrected chi connectivity index (χ2v) is 8.60. The molecule has 1 aromatic heterocycles. The average Bonchev–Trinajstić information content (AvgIpc) is 2.90. The third-order valence-electron chi connectivity index (χ3n) is 6.04. The van der Waals surface area contributed by atoms with Crippen LogP contribution in [0.2, 0.25) is 0 Å². The number of phenolic OH excluding ortho intramolecular Hbond substituents is 1. The van der Waals surface area contributed by atoms with Crippen LogP contribution in [0.5, 0.6) is 11.5 Å². The number of ether oxygens (including phenoxy) is 3. The van der Waals surface area contributed by atoms with Crippen LogP contribution in [0.1, 0.15) is 36.6 Å². The molecule has 1 unspecified atom stereocenters. The van der Waals surface area contributed by atoms with E-state index < -0.39 is 30.0 Å². The molecule has 4 rings (SSSR count). The highest BCUT2D eigenvalue weighted by Crippen LogP contribution is 2.40. The second kappa shape index (κ2) is 13.3. The monoisotopic (exact) mass is 581 g/mol. The lowest BCUT2D eigenvalue weighted by Gasteiger charge is -2.20. The third-order valence-corrected chi connectivity index (χ3v) is 6.04. The highest BCUT2D eigenvalue weighted by molar-refractivity contribution is 5.90. The molecule has 0 radical (unpaired) electrons. The minimum Gasteiger partial charge on any atom is -0.508 e. The van der Waals surface area contributed by atoms with Gasteiger partial charge in [0.1, 0.15) is 30.0 Å². The molecule has 4 aromatic rings. The number of hydrogen-bond donors (Lipinski definition) is 2. The van der Waals surface area contributed by atoms with Crippen molar-refractivity contribution < 1.29 is 42.0 Å². The van der Waals surface area contributed by atoms with Crippen LogP contribution in [-0.4, -0.2) is 41.3 Å². The molecule has 214 valence electrons. The van der Waals surface area contributed by atoms with Gasteiger partial charge in [-0.3, -0.25) is 4.98 Å². The number of rotatable bonds is 10. The van der Waals surface area contributed by atoms with Crippen LogP contribution in [0, 0.1) is 5.82 Å². The number of aliphatic hydroxyl groups excluding tert-OH is 1. The Morgan fingerprint density at radius 1 is 0.900 bits per heavy atom. The number of nitrogens with zero attached hydrogens (tertiary/aromatic N) is 1. The van der Waals surface area contributed by atoms with Crippen LogP contribution in [0.3, 0.4) is 0 Å². The van der Waals surface area contributed by atoms with Gasteiger partial charge >= 0.3 is 6.18 Å². The molecule has 11 heteroatoms. The van der Waals surface area contributed by atoms with Crippen molar-refractivity contribution in [3.63, 3.8) is 0 Å². The van der Waals surface area contributed by atoms with Crippen molar-refractivity contribution in [2.24, 2.45) is 0 Å². The quantitative estimate of drug-likeness (QED) is 0.154. The van der Waals surface area contributed by atoms with Crippen LogP contribution in [-0.2, 0) is 15.7 Å². The predicted molar refractivity (Wildman–Crippen MR) is 144 cm³/mol. The van der Waals surface area contributed by atoms with E-state index in [0.717, 1.165) is 12.1 Å². The van der Waals surface area contributed by atoms with Gasteiger partial charge in [0.25, 0.3) is 0 Å². The number of fused-ring (bicyclic) bond motifs is 1. The molecule has 0 aliphatic heterocycles. The summed E-state index contributed by atoms with van der Waals surface area (Å²) in [6, 6.07) is 13.0. The summed E-state index contributed by atoms with van der Waals surface area (Å²) >= 11 is 0. The van der Waals surface area contributed by atoms with Crippen LogP contribution >= 0.6 is 12.4 Å². The summed E-state index contributed by atoms with van der Waals surface area (Å²) in [4.78, 5) is 4.25. The van der Waals surface area contributed by atoms with E-state index in [2.05, 4.69) is 4.98 Å². The number of hydrogen-bond acceptors (Lipinski definition) is 6. The Kier molecular flexibility index (Phi) is 10.3. The lowest BCUT2D eigenvalue weighted by molar-refractivity contribution is -0.152. The SMILES string of the molecule is CCOC(COc1ccc(C(O)c2c(-c3ccc(C(F)(F)F)cc3F)cnc3cc(O)ccc23)cc1)OCC.Cl. The molecule has 3 aromatic carbocycles. The maximum absolute atomic E-state index is 15.0. The first-order chi connectivity index (χ1) is 18.6. The Hall–Kier alpha value is -3.44. The fourth-order valence-corrected chi connectivity index (χ4v) is 4.22. The fraction of sp³-hybridized carbons (Fsp3) is 0.276. The Labute approximate surface area is 234 Å². The molecular weight excluding hydrogens is 554 g/mol. The molecule has 0 saturated carbocycles. The molecule has 1 heterocycles. The Morgan fingerprint density at radius 2 is 1.57 bits per heavy atom. The molecule has 2 N–H and O–H groups in total. The van der Waals surface area contributed by atoms with E-state index in [4.69, 9.17) is 14.2 Å². The molecule has 1 atom stereocenters. The summed E-state index contributed by atoms with van der Waals surface area (Å²) in [6.07, 6.45) is -5.29. The Morgan fingerprint density at radius 3 is 2.17 bits per heavy atom. The number of benzene rings is 3. The molecule has 6 nitrogen and oxygen atoms in total. The topological polar surface area (TPSA) is 81.0 Å². The number of aromatic hydroxyl groups is 1. The highest BCUT2D eigenvalue weighted by Gasteiger charge is 2.32. The first kappa shape index (κ1) is 31.1. The lowest BCUT2D eigenvalue weighted by atomic mass is 9.90. The normalized spacial score (nSPS) is 12.4. The summed E-state index contributed by atoms with van der Waals surface area (Å²) in [7, 11) is 0. The Balaban J connectivity index is 0.00000441. The summed E-state index contributed by atoms with van der Waals surface area (Å²) in [6.45, 7) is 4.76. The number of aromatic nitrogens is 1. The average molecular weight is 582 g/mol. The minimum atomic E-state index is -4.71. The zero-order valence-electron chi connectivity index (χ0n) is 21.6.